The molecular weight excluding hydrogens is 333 g/mol. The van der Waals surface area contributed by atoms with Crippen LogP contribution >= 0.6 is 0 Å². The Bertz CT molecular complexity index is 961. The Morgan fingerprint density at radius 2 is 2.08 bits per heavy atom. The number of carbonyl (C=O) groups excluding carboxylic acids is 1. The van der Waals surface area contributed by atoms with Crippen LogP contribution in [0.5, 0.6) is 5.75 Å². The Hall–Kier alpha value is -3.15. The average molecular weight is 351 g/mol. The lowest BCUT2D eigenvalue weighted by Crippen LogP contribution is -2.39. The van der Waals surface area contributed by atoms with E-state index in [2.05, 4.69) is 10.3 Å². The zero-order valence-corrected chi connectivity index (χ0v) is 14.1. The zero-order chi connectivity index (χ0) is 17.9. The minimum atomic E-state index is -0.299. The van der Waals surface area contributed by atoms with Crippen molar-refractivity contribution < 1.29 is 13.9 Å². The first-order valence-electron chi connectivity index (χ1n) is 8.53. The largest absolute Gasteiger partial charge is 0.482 e. The summed E-state index contributed by atoms with van der Waals surface area (Å²) in [5.41, 5.74) is 2.34. The van der Waals surface area contributed by atoms with E-state index in [0.29, 0.717) is 18.6 Å². The van der Waals surface area contributed by atoms with Gasteiger partial charge in [0.25, 0.3) is 5.91 Å². The van der Waals surface area contributed by atoms with Crippen LogP contribution in [0, 0.1) is 5.82 Å². The topological polar surface area (TPSA) is 54.5 Å². The first-order chi connectivity index (χ1) is 12.7. The number of amides is 1. The van der Waals surface area contributed by atoms with E-state index in [1.165, 1.54) is 12.1 Å². The minimum absolute atomic E-state index is 0.0338. The fraction of sp³-hybridized carbons (Fsp3) is 0.200. The van der Waals surface area contributed by atoms with Crippen LogP contribution in [0.3, 0.4) is 0 Å². The predicted molar refractivity (Wildman–Crippen MR) is 99.1 cm³/mol. The smallest absolute Gasteiger partial charge is 0.265 e. The van der Waals surface area contributed by atoms with E-state index in [1.54, 1.807) is 17.2 Å². The van der Waals surface area contributed by atoms with Crippen molar-refractivity contribution in [1.29, 1.82) is 0 Å². The van der Waals surface area contributed by atoms with Crippen molar-refractivity contribution in [3.05, 3.63) is 60.5 Å². The number of anilines is 2. The highest BCUT2D eigenvalue weighted by atomic mass is 19.1. The van der Waals surface area contributed by atoms with Crippen LogP contribution in [-0.4, -0.2) is 30.6 Å². The van der Waals surface area contributed by atoms with Crippen LogP contribution in [0.1, 0.15) is 6.42 Å². The summed E-state index contributed by atoms with van der Waals surface area (Å²) in [4.78, 5) is 18.1. The van der Waals surface area contributed by atoms with Gasteiger partial charge in [0.2, 0.25) is 0 Å². The van der Waals surface area contributed by atoms with E-state index in [9.17, 15) is 9.18 Å². The van der Waals surface area contributed by atoms with Crippen molar-refractivity contribution >= 4 is 28.2 Å². The van der Waals surface area contributed by atoms with E-state index < -0.39 is 0 Å². The van der Waals surface area contributed by atoms with Crippen LogP contribution in [0.25, 0.3) is 10.9 Å². The van der Waals surface area contributed by atoms with Crippen molar-refractivity contribution in [3.63, 3.8) is 0 Å². The predicted octanol–water partition coefficient (Wildman–Crippen LogP) is 3.60. The monoisotopic (exact) mass is 351 g/mol. The van der Waals surface area contributed by atoms with E-state index >= 15 is 0 Å². The maximum absolute atomic E-state index is 13.3. The fourth-order valence-electron chi connectivity index (χ4n) is 3.13. The first-order valence-corrected chi connectivity index (χ1v) is 8.53. The molecule has 0 atom stereocenters. The number of rotatable bonds is 5. The second-order valence-electron chi connectivity index (χ2n) is 6.10. The molecule has 5 nitrogen and oxygen atoms in total. The van der Waals surface area contributed by atoms with Crippen molar-refractivity contribution in [3.8, 4) is 5.75 Å². The summed E-state index contributed by atoms with van der Waals surface area (Å²) in [6, 6.07) is 14.0. The molecule has 132 valence electrons. The van der Waals surface area contributed by atoms with Crippen molar-refractivity contribution in [1.82, 2.24) is 4.98 Å². The molecule has 3 aromatic rings. The molecule has 0 spiro atoms. The summed E-state index contributed by atoms with van der Waals surface area (Å²) in [5.74, 6) is 0.405. The SMILES string of the molecule is O=C1COc2ccccc2N1CCCNc1ccnc2cc(F)ccc12. The Morgan fingerprint density at radius 1 is 1.19 bits per heavy atom. The molecule has 0 radical (unpaired) electrons. The number of hydrogen-bond donors (Lipinski definition) is 1. The Balaban J connectivity index is 1.41. The lowest BCUT2D eigenvalue weighted by Gasteiger charge is -2.29. The molecule has 1 aliphatic rings. The Morgan fingerprint density at radius 3 is 3.00 bits per heavy atom. The quantitative estimate of drug-likeness (QED) is 0.714. The number of nitrogens with one attached hydrogen (secondary N) is 1. The average Bonchev–Trinajstić information content (AvgIpc) is 2.66. The second-order valence-corrected chi connectivity index (χ2v) is 6.10. The minimum Gasteiger partial charge on any atom is -0.482 e. The van der Waals surface area contributed by atoms with Crippen molar-refractivity contribution in [2.75, 3.05) is 29.9 Å². The molecule has 4 rings (SSSR count). The van der Waals surface area contributed by atoms with Gasteiger partial charge >= 0.3 is 0 Å². The molecule has 2 heterocycles. The Labute approximate surface area is 150 Å². The molecule has 1 N–H and O–H groups in total. The molecule has 0 fully saturated rings. The van der Waals surface area contributed by atoms with Gasteiger partial charge in [-0.3, -0.25) is 9.78 Å². The van der Waals surface area contributed by atoms with Gasteiger partial charge in [-0.25, -0.2) is 4.39 Å². The van der Waals surface area contributed by atoms with Gasteiger partial charge in [0.05, 0.1) is 11.2 Å². The van der Waals surface area contributed by atoms with Crippen LogP contribution < -0.4 is 15.0 Å². The third-order valence-corrected chi connectivity index (χ3v) is 4.39. The zero-order valence-electron chi connectivity index (χ0n) is 14.1. The third kappa shape index (κ3) is 3.18. The molecule has 0 saturated carbocycles. The first kappa shape index (κ1) is 16.3. The van der Waals surface area contributed by atoms with Gasteiger partial charge in [-0.2, -0.15) is 0 Å². The third-order valence-electron chi connectivity index (χ3n) is 4.39. The molecule has 0 saturated heterocycles. The number of ether oxygens (including phenoxy) is 1. The molecule has 1 amide bonds. The van der Waals surface area contributed by atoms with Crippen LogP contribution in [0.4, 0.5) is 15.8 Å². The number of pyridine rings is 1. The molecule has 6 heteroatoms. The fourth-order valence-corrected chi connectivity index (χ4v) is 3.13. The van der Waals surface area contributed by atoms with Crippen molar-refractivity contribution in [2.45, 2.75) is 6.42 Å². The number of carbonyl (C=O) groups is 1. The van der Waals surface area contributed by atoms with Gasteiger partial charge in [-0.15, -0.1) is 0 Å². The standard InChI is InChI=1S/C20H18FN3O2/c21-14-6-7-15-16(8-10-23-17(15)12-14)22-9-3-11-24-18-4-1-2-5-19(18)26-13-20(24)25/h1-2,4-8,10,12H,3,9,11,13H2,(H,22,23). The number of fused-ring (bicyclic) bond motifs is 2. The van der Waals surface area contributed by atoms with E-state index in [4.69, 9.17) is 4.74 Å². The Kier molecular flexibility index (Phi) is 4.39. The maximum atomic E-state index is 13.3. The number of nitrogens with zero attached hydrogens (tertiary/aromatic N) is 2. The summed E-state index contributed by atoms with van der Waals surface area (Å²) < 4.78 is 18.8. The van der Waals surface area contributed by atoms with Gasteiger partial charge < -0.3 is 15.0 Å². The highest BCUT2D eigenvalue weighted by Gasteiger charge is 2.24. The molecule has 2 aromatic carbocycles. The molecule has 0 unspecified atom stereocenters. The lowest BCUT2D eigenvalue weighted by molar-refractivity contribution is -0.121. The van der Waals surface area contributed by atoms with Gasteiger partial charge in [0.1, 0.15) is 11.6 Å². The maximum Gasteiger partial charge on any atom is 0.265 e. The number of para-hydroxylation sites is 2. The van der Waals surface area contributed by atoms with Crippen molar-refractivity contribution in [2.24, 2.45) is 0 Å². The van der Waals surface area contributed by atoms with Gasteiger partial charge in [-0.1, -0.05) is 12.1 Å². The summed E-state index contributed by atoms with van der Waals surface area (Å²) in [5, 5.41) is 4.23. The molecule has 1 aromatic heterocycles. The van der Waals surface area contributed by atoms with Gasteiger partial charge in [0.15, 0.2) is 6.61 Å². The van der Waals surface area contributed by atoms with Gasteiger partial charge in [0, 0.05) is 36.4 Å². The lowest BCUT2D eigenvalue weighted by atomic mass is 10.2. The summed E-state index contributed by atoms with van der Waals surface area (Å²) in [6.45, 7) is 1.36. The number of halogens is 1. The molecule has 0 bridgehead atoms. The summed E-state index contributed by atoms with van der Waals surface area (Å²) in [6.07, 6.45) is 2.43. The number of benzene rings is 2. The normalized spacial score (nSPS) is 13.4. The highest BCUT2D eigenvalue weighted by molar-refractivity contribution is 5.97. The summed E-state index contributed by atoms with van der Waals surface area (Å²) in [7, 11) is 0. The summed E-state index contributed by atoms with van der Waals surface area (Å²) >= 11 is 0. The van der Waals surface area contributed by atoms with E-state index in [-0.39, 0.29) is 18.3 Å². The molecule has 1 aliphatic heterocycles. The highest BCUT2D eigenvalue weighted by Crippen LogP contribution is 2.31. The molecule has 0 aliphatic carbocycles. The second kappa shape index (κ2) is 7.00. The van der Waals surface area contributed by atoms with Crippen LogP contribution in [0.15, 0.2) is 54.7 Å². The van der Waals surface area contributed by atoms with E-state index in [1.807, 2.05) is 30.3 Å². The molecular formula is C20H18FN3O2. The van der Waals surface area contributed by atoms with Crippen LogP contribution in [0.2, 0.25) is 0 Å². The number of hydrogen-bond acceptors (Lipinski definition) is 4. The van der Waals surface area contributed by atoms with Crippen LogP contribution in [-0.2, 0) is 4.79 Å². The number of aromatic nitrogens is 1. The van der Waals surface area contributed by atoms with Gasteiger partial charge in [-0.05, 0) is 36.8 Å². The molecule has 26 heavy (non-hydrogen) atoms. The van der Waals surface area contributed by atoms with E-state index in [0.717, 1.165) is 28.9 Å².